The third-order valence-corrected chi connectivity index (χ3v) is 12.7. The number of nitrogens with zero attached hydrogens (tertiary/aromatic N) is 3. The predicted octanol–water partition coefficient (Wildman–Crippen LogP) is 6.69. The molecular formula is C35H57N3O4S. The molecule has 6 rings (SSSR count). The molecule has 0 aliphatic heterocycles. The van der Waals surface area contributed by atoms with Gasteiger partial charge in [0.05, 0.1) is 23.4 Å². The first-order valence-electron chi connectivity index (χ1n) is 16.9. The van der Waals surface area contributed by atoms with E-state index in [4.69, 9.17) is 9.54 Å². The van der Waals surface area contributed by atoms with Gasteiger partial charge in [-0.25, -0.2) is 4.98 Å². The third-order valence-electron chi connectivity index (χ3n) is 12.7. The smallest absolute Gasteiger partial charge is 0.261 e. The maximum Gasteiger partial charge on any atom is 0.261 e. The van der Waals surface area contributed by atoms with Crippen molar-refractivity contribution in [3.8, 4) is 0 Å². The van der Waals surface area contributed by atoms with Crippen LogP contribution in [0.1, 0.15) is 90.8 Å². The molecule has 8 heteroatoms. The highest BCUT2D eigenvalue weighted by Gasteiger charge is 2.60. The average molecular weight is 616 g/mol. The highest BCUT2D eigenvalue weighted by atomic mass is 32.2. The number of benzene rings is 1. The van der Waals surface area contributed by atoms with Crippen LogP contribution < -0.4 is 0 Å². The monoisotopic (exact) mass is 615 g/mol. The van der Waals surface area contributed by atoms with Gasteiger partial charge in [0.2, 0.25) is 0 Å². The highest BCUT2D eigenvalue weighted by molar-refractivity contribution is 7.85. The zero-order valence-electron chi connectivity index (χ0n) is 27.5. The first-order valence-corrected chi connectivity index (χ1v) is 18.7. The molecule has 4 aliphatic rings. The van der Waals surface area contributed by atoms with Crippen LogP contribution in [0.25, 0.3) is 11.0 Å². The Balaban J connectivity index is 0.000000682. The quantitative estimate of drug-likeness (QED) is 0.337. The SMILES string of the molecule is CS(=O)(=O)O.C[C@H](CCc1nc2ccccc2n1CCN(C)C)[C@H]1CC[C@H]2[C@@H]3CC[C@@H]4C[C@H](O)CC[C@]4(C)[C@H]3CC[C@]12C. The Kier molecular flexibility index (Phi) is 9.74. The van der Waals surface area contributed by atoms with E-state index >= 15 is 0 Å². The van der Waals surface area contributed by atoms with Crippen LogP contribution in [0.15, 0.2) is 24.3 Å². The standard InChI is InChI=1S/C34H53N3O.CH4O3S/c1-23(10-15-32-35-30-8-6-7-9-31(30)37(32)21-20-36(4)5)27-13-14-28-26-12-11-24-22-25(38)16-18-33(24,2)29(26)17-19-34(27,28)3;1-5(2,3)4/h6-9,23-29,38H,10-22H2,1-5H3;1H3,(H,2,3,4)/t23-,24-,25-,26+,27-,28+,29+,33+,34-;/m1./s1. The van der Waals surface area contributed by atoms with Crippen molar-refractivity contribution in [2.24, 2.45) is 46.3 Å². The van der Waals surface area contributed by atoms with E-state index in [1.54, 1.807) is 0 Å². The molecule has 0 amide bonds. The van der Waals surface area contributed by atoms with Crippen LogP contribution >= 0.6 is 0 Å². The van der Waals surface area contributed by atoms with E-state index in [0.717, 1.165) is 73.4 Å². The van der Waals surface area contributed by atoms with Crippen LogP contribution in [0, 0.1) is 46.3 Å². The first kappa shape index (κ1) is 32.9. The number of para-hydroxylation sites is 2. The van der Waals surface area contributed by atoms with Gasteiger partial charge in [0.25, 0.3) is 10.1 Å². The van der Waals surface area contributed by atoms with Gasteiger partial charge in [0.1, 0.15) is 5.82 Å². The Labute approximate surface area is 260 Å². The molecule has 2 N–H and O–H groups in total. The molecule has 242 valence electrons. The lowest BCUT2D eigenvalue weighted by atomic mass is 9.44. The number of aliphatic hydroxyl groups excluding tert-OH is 1. The summed E-state index contributed by atoms with van der Waals surface area (Å²) in [5.74, 6) is 6.40. The summed E-state index contributed by atoms with van der Waals surface area (Å²) >= 11 is 0. The Hall–Kier alpha value is -1.48. The molecule has 2 aromatic rings. The molecule has 4 fully saturated rings. The zero-order chi connectivity index (χ0) is 31.2. The van der Waals surface area contributed by atoms with Crippen molar-refractivity contribution in [2.75, 3.05) is 26.9 Å². The van der Waals surface area contributed by atoms with Crippen molar-refractivity contribution in [1.29, 1.82) is 0 Å². The minimum Gasteiger partial charge on any atom is -0.393 e. The molecule has 0 bridgehead atoms. The van der Waals surface area contributed by atoms with E-state index in [1.807, 2.05) is 0 Å². The molecule has 0 unspecified atom stereocenters. The molecule has 1 heterocycles. The van der Waals surface area contributed by atoms with Crippen molar-refractivity contribution < 1.29 is 18.1 Å². The average Bonchev–Trinajstić information content (AvgIpc) is 3.47. The van der Waals surface area contributed by atoms with E-state index in [-0.39, 0.29) is 6.10 Å². The maximum atomic E-state index is 10.4. The molecular weight excluding hydrogens is 558 g/mol. The molecule has 43 heavy (non-hydrogen) atoms. The van der Waals surface area contributed by atoms with E-state index in [9.17, 15) is 13.5 Å². The second kappa shape index (κ2) is 12.7. The number of aryl methyl sites for hydroxylation is 1. The van der Waals surface area contributed by atoms with Gasteiger partial charge in [0.15, 0.2) is 0 Å². The fourth-order valence-electron chi connectivity index (χ4n) is 10.6. The van der Waals surface area contributed by atoms with E-state index in [2.05, 4.69) is 68.6 Å². The number of fused-ring (bicyclic) bond motifs is 6. The molecule has 0 radical (unpaired) electrons. The fourth-order valence-corrected chi connectivity index (χ4v) is 10.6. The summed E-state index contributed by atoms with van der Waals surface area (Å²) in [5, 5.41) is 10.4. The summed E-state index contributed by atoms with van der Waals surface area (Å²) in [6.45, 7) is 9.96. The summed E-state index contributed by atoms with van der Waals surface area (Å²) in [6, 6.07) is 8.70. The first-order chi connectivity index (χ1) is 20.2. The van der Waals surface area contributed by atoms with E-state index < -0.39 is 10.1 Å². The van der Waals surface area contributed by atoms with Gasteiger partial charge in [-0.1, -0.05) is 32.9 Å². The van der Waals surface area contributed by atoms with Crippen LogP contribution in [-0.4, -0.2) is 65.5 Å². The summed E-state index contributed by atoms with van der Waals surface area (Å²) < 4.78 is 28.4. The zero-order valence-corrected chi connectivity index (χ0v) is 28.3. The molecule has 7 nitrogen and oxygen atoms in total. The third kappa shape index (κ3) is 6.87. The van der Waals surface area contributed by atoms with Gasteiger partial charge >= 0.3 is 0 Å². The minimum atomic E-state index is -3.67. The minimum absolute atomic E-state index is 0.0359. The maximum absolute atomic E-state index is 10.4. The number of likely N-dealkylation sites (N-methyl/N-ethyl adjacent to an activating group) is 1. The molecule has 0 spiro atoms. The Bertz CT molecular complexity index is 1350. The molecule has 4 aliphatic carbocycles. The second-order valence-electron chi connectivity index (χ2n) is 15.5. The number of imidazole rings is 1. The number of hydrogen-bond acceptors (Lipinski definition) is 5. The lowest BCUT2D eigenvalue weighted by molar-refractivity contribution is -0.129. The van der Waals surface area contributed by atoms with Gasteiger partial charge < -0.3 is 14.6 Å². The second-order valence-corrected chi connectivity index (χ2v) is 17.0. The van der Waals surface area contributed by atoms with Gasteiger partial charge in [-0.05, 0) is 137 Å². The van der Waals surface area contributed by atoms with Crippen LogP contribution in [0.3, 0.4) is 0 Å². The van der Waals surface area contributed by atoms with Crippen molar-refractivity contribution in [1.82, 2.24) is 14.5 Å². The lowest BCUT2D eigenvalue weighted by Crippen LogP contribution is -2.54. The van der Waals surface area contributed by atoms with Crippen LogP contribution in [0.5, 0.6) is 0 Å². The van der Waals surface area contributed by atoms with Crippen molar-refractivity contribution in [3.63, 3.8) is 0 Å². The van der Waals surface area contributed by atoms with Gasteiger partial charge in [-0.2, -0.15) is 8.42 Å². The van der Waals surface area contributed by atoms with E-state index in [0.29, 0.717) is 17.1 Å². The normalized spacial score (nSPS) is 36.4. The van der Waals surface area contributed by atoms with Crippen LogP contribution in [0.4, 0.5) is 0 Å². The Morgan fingerprint density at radius 2 is 1.70 bits per heavy atom. The molecule has 1 aromatic carbocycles. The number of rotatable bonds is 7. The predicted molar refractivity (Wildman–Crippen MR) is 174 cm³/mol. The molecule has 0 saturated heterocycles. The van der Waals surface area contributed by atoms with Crippen LogP contribution in [-0.2, 0) is 23.1 Å². The fraction of sp³-hybridized carbons (Fsp3) is 0.800. The number of hydrogen-bond donors (Lipinski definition) is 2. The van der Waals surface area contributed by atoms with Crippen molar-refractivity contribution in [2.45, 2.75) is 104 Å². The topological polar surface area (TPSA) is 95.7 Å². The largest absolute Gasteiger partial charge is 0.393 e. The summed E-state index contributed by atoms with van der Waals surface area (Å²) in [5.41, 5.74) is 3.45. The van der Waals surface area contributed by atoms with E-state index in [1.165, 1.54) is 62.7 Å². The molecule has 1 aromatic heterocycles. The summed E-state index contributed by atoms with van der Waals surface area (Å²) in [7, 11) is 0.661. The van der Waals surface area contributed by atoms with Crippen molar-refractivity contribution >= 4 is 21.2 Å². The van der Waals surface area contributed by atoms with Gasteiger partial charge in [-0.15, -0.1) is 0 Å². The summed E-state index contributed by atoms with van der Waals surface area (Å²) in [6.07, 6.45) is 14.9. The number of aromatic nitrogens is 2. The molecule has 9 atom stereocenters. The summed E-state index contributed by atoms with van der Waals surface area (Å²) in [4.78, 5) is 7.40. The van der Waals surface area contributed by atoms with Crippen molar-refractivity contribution in [3.05, 3.63) is 30.1 Å². The van der Waals surface area contributed by atoms with Crippen LogP contribution in [0.2, 0.25) is 0 Å². The Morgan fingerprint density at radius 3 is 2.42 bits per heavy atom. The lowest BCUT2D eigenvalue weighted by Gasteiger charge is -2.61. The van der Waals surface area contributed by atoms with Gasteiger partial charge in [0, 0.05) is 19.5 Å². The number of aliphatic hydroxyl groups is 1. The van der Waals surface area contributed by atoms with Gasteiger partial charge in [-0.3, -0.25) is 4.55 Å². The molecule has 4 saturated carbocycles. The highest BCUT2D eigenvalue weighted by Crippen LogP contribution is 2.68. The Morgan fingerprint density at radius 1 is 1.02 bits per heavy atom.